The molecule has 7 nitrogen and oxygen atoms in total. The van der Waals surface area contributed by atoms with Gasteiger partial charge in [0.15, 0.2) is 5.69 Å². The maximum atomic E-state index is 12.8. The van der Waals surface area contributed by atoms with Crippen molar-refractivity contribution in [1.82, 2.24) is 29.8 Å². The molecule has 1 aliphatic heterocycles. The van der Waals surface area contributed by atoms with E-state index in [1.165, 1.54) is 24.8 Å². The van der Waals surface area contributed by atoms with Gasteiger partial charge in [0.2, 0.25) is 0 Å². The fourth-order valence-corrected chi connectivity index (χ4v) is 4.07. The van der Waals surface area contributed by atoms with Crippen molar-refractivity contribution in [2.75, 3.05) is 26.2 Å². The zero-order valence-electron chi connectivity index (χ0n) is 16.0. The number of carbonyl (C=O) groups is 1. The molecule has 7 heteroatoms. The van der Waals surface area contributed by atoms with Gasteiger partial charge < -0.3 is 4.90 Å². The summed E-state index contributed by atoms with van der Waals surface area (Å²) in [6.07, 6.45) is 9.77. The van der Waals surface area contributed by atoms with Crippen LogP contribution >= 0.6 is 0 Å². The van der Waals surface area contributed by atoms with Gasteiger partial charge in [-0.25, -0.2) is 4.68 Å². The lowest BCUT2D eigenvalue weighted by atomic mass is 9.96. The smallest absolute Gasteiger partial charge is 0.276 e. The van der Waals surface area contributed by atoms with Gasteiger partial charge in [-0.2, -0.15) is 0 Å². The molecule has 0 bridgehead atoms. The number of aromatic nitrogens is 4. The third-order valence-electron chi connectivity index (χ3n) is 5.83. The number of amides is 1. The first-order valence-electron chi connectivity index (χ1n) is 10.0. The van der Waals surface area contributed by atoms with Crippen LogP contribution in [0.2, 0.25) is 0 Å². The molecule has 1 saturated carbocycles. The Labute approximate surface area is 160 Å². The molecule has 0 atom stereocenters. The summed E-state index contributed by atoms with van der Waals surface area (Å²) in [5.41, 5.74) is 2.82. The maximum absolute atomic E-state index is 12.8. The van der Waals surface area contributed by atoms with Crippen LogP contribution < -0.4 is 0 Å². The molecular formula is C20H28N6O. The van der Waals surface area contributed by atoms with E-state index in [0.29, 0.717) is 11.7 Å². The van der Waals surface area contributed by atoms with Crippen molar-refractivity contribution in [2.24, 2.45) is 0 Å². The van der Waals surface area contributed by atoms with Crippen LogP contribution in [-0.4, -0.2) is 61.9 Å². The number of hydrogen-bond acceptors (Lipinski definition) is 5. The third kappa shape index (κ3) is 4.18. The topological polar surface area (TPSA) is 67.2 Å². The van der Waals surface area contributed by atoms with E-state index in [4.69, 9.17) is 0 Å². The molecule has 0 unspecified atom stereocenters. The number of aryl methyl sites for hydroxylation is 1. The molecular weight excluding hydrogens is 340 g/mol. The number of piperazine rings is 1. The van der Waals surface area contributed by atoms with Crippen LogP contribution in [0.15, 0.2) is 24.5 Å². The van der Waals surface area contributed by atoms with Crippen LogP contribution in [0.25, 0.3) is 0 Å². The van der Waals surface area contributed by atoms with Gasteiger partial charge in [-0.3, -0.25) is 14.7 Å². The van der Waals surface area contributed by atoms with E-state index in [0.717, 1.165) is 51.3 Å². The average molecular weight is 368 g/mol. The minimum absolute atomic E-state index is 0.00530. The minimum atomic E-state index is 0.00530. The molecule has 0 aromatic carbocycles. The summed E-state index contributed by atoms with van der Waals surface area (Å²) in [5.74, 6) is 0.00530. The first-order chi connectivity index (χ1) is 13.2. The average Bonchev–Trinajstić information content (AvgIpc) is 3.21. The highest BCUT2D eigenvalue weighted by atomic mass is 16.2. The second-order valence-electron chi connectivity index (χ2n) is 7.71. The lowest BCUT2D eigenvalue weighted by Gasteiger charge is -2.34. The molecule has 1 amide bonds. The summed E-state index contributed by atoms with van der Waals surface area (Å²) < 4.78 is 1.91. The van der Waals surface area contributed by atoms with E-state index in [9.17, 15) is 4.79 Å². The Morgan fingerprint density at radius 2 is 1.93 bits per heavy atom. The fraction of sp³-hybridized carbons (Fsp3) is 0.600. The number of carbonyl (C=O) groups excluding carboxylic acids is 1. The van der Waals surface area contributed by atoms with Gasteiger partial charge in [0.1, 0.15) is 0 Å². The predicted molar refractivity (Wildman–Crippen MR) is 102 cm³/mol. The van der Waals surface area contributed by atoms with Gasteiger partial charge in [0.05, 0.1) is 17.9 Å². The molecule has 1 aliphatic carbocycles. The monoisotopic (exact) mass is 368 g/mol. The predicted octanol–water partition coefficient (Wildman–Crippen LogP) is 2.44. The highest BCUT2D eigenvalue weighted by molar-refractivity contribution is 5.92. The third-order valence-corrected chi connectivity index (χ3v) is 5.83. The Kier molecular flexibility index (Phi) is 5.48. The standard InChI is InChI=1S/C20H28N6O/c1-16-6-5-9-21-18(16)14-24-10-12-25(13-11-24)20(27)19-15-26(23-22-19)17-7-3-2-4-8-17/h5-6,9,15,17H,2-4,7-8,10-14H2,1H3. The fourth-order valence-electron chi connectivity index (χ4n) is 4.07. The first-order valence-corrected chi connectivity index (χ1v) is 10.0. The summed E-state index contributed by atoms with van der Waals surface area (Å²) in [5, 5.41) is 8.40. The maximum Gasteiger partial charge on any atom is 0.276 e. The Bertz CT molecular complexity index is 774. The van der Waals surface area contributed by atoms with Crippen molar-refractivity contribution in [2.45, 2.75) is 51.6 Å². The van der Waals surface area contributed by atoms with Crippen LogP contribution in [0.3, 0.4) is 0 Å². The summed E-state index contributed by atoms with van der Waals surface area (Å²) >= 11 is 0. The van der Waals surface area contributed by atoms with E-state index in [1.807, 2.05) is 28.0 Å². The minimum Gasteiger partial charge on any atom is -0.335 e. The summed E-state index contributed by atoms with van der Waals surface area (Å²) in [4.78, 5) is 21.5. The molecule has 0 radical (unpaired) electrons. The largest absolute Gasteiger partial charge is 0.335 e. The van der Waals surface area contributed by atoms with Crippen molar-refractivity contribution in [3.05, 3.63) is 41.5 Å². The lowest BCUT2D eigenvalue weighted by Crippen LogP contribution is -2.48. The van der Waals surface area contributed by atoms with Gasteiger partial charge in [-0.15, -0.1) is 5.10 Å². The molecule has 3 heterocycles. The van der Waals surface area contributed by atoms with Crippen LogP contribution in [0.4, 0.5) is 0 Å². The van der Waals surface area contributed by atoms with Crippen molar-refractivity contribution in [3.8, 4) is 0 Å². The quantitative estimate of drug-likeness (QED) is 0.829. The van der Waals surface area contributed by atoms with E-state index in [-0.39, 0.29) is 5.91 Å². The molecule has 2 fully saturated rings. The van der Waals surface area contributed by atoms with Gasteiger partial charge in [0.25, 0.3) is 5.91 Å². The van der Waals surface area contributed by atoms with Gasteiger partial charge >= 0.3 is 0 Å². The second kappa shape index (κ2) is 8.17. The SMILES string of the molecule is Cc1cccnc1CN1CCN(C(=O)c2cn(C3CCCCC3)nn2)CC1. The van der Waals surface area contributed by atoms with E-state index in [2.05, 4.69) is 33.2 Å². The Hall–Kier alpha value is -2.28. The highest BCUT2D eigenvalue weighted by Crippen LogP contribution is 2.27. The van der Waals surface area contributed by atoms with Crippen LogP contribution in [0, 0.1) is 6.92 Å². The van der Waals surface area contributed by atoms with Crippen LogP contribution in [0.5, 0.6) is 0 Å². The molecule has 0 spiro atoms. The van der Waals surface area contributed by atoms with Crippen LogP contribution in [0.1, 0.15) is 59.9 Å². The molecule has 27 heavy (non-hydrogen) atoms. The van der Waals surface area contributed by atoms with Crippen molar-refractivity contribution >= 4 is 5.91 Å². The molecule has 0 N–H and O–H groups in total. The number of rotatable bonds is 4. The summed E-state index contributed by atoms with van der Waals surface area (Å²) in [6, 6.07) is 4.47. The van der Waals surface area contributed by atoms with Crippen molar-refractivity contribution < 1.29 is 4.79 Å². The second-order valence-corrected chi connectivity index (χ2v) is 7.71. The lowest BCUT2D eigenvalue weighted by molar-refractivity contribution is 0.0621. The molecule has 2 aromatic rings. The van der Waals surface area contributed by atoms with Gasteiger partial charge in [-0.1, -0.05) is 30.5 Å². The number of hydrogen-bond donors (Lipinski definition) is 0. The number of nitrogens with zero attached hydrogens (tertiary/aromatic N) is 6. The normalized spacial score (nSPS) is 19.4. The number of pyridine rings is 1. The highest BCUT2D eigenvalue weighted by Gasteiger charge is 2.25. The van der Waals surface area contributed by atoms with Crippen LogP contribution in [-0.2, 0) is 6.54 Å². The van der Waals surface area contributed by atoms with Gasteiger partial charge in [-0.05, 0) is 31.4 Å². The molecule has 2 aromatic heterocycles. The Morgan fingerprint density at radius 1 is 1.15 bits per heavy atom. The Morgan fingerprint density at radius 3 is 2.67 bits per heavy atom. The van der Waals surface area contributed by atoms with Crippen molar-refractivity contribution in [1.29, 1.82) is 0 Å². The summed E-state index contributed by atoms with van der Waals surface area (Å²) in [6.45, 7) is 6.10. The van der Waals surface area contributed by atoms with Gasteiger partial charge in [0, 0.05) is 38.9 Å². The Balaban J connectivity index is 1.32. The molecule has 2 aliphatic rings. The molecule has 4 rings (SSSR count). The van der Waals surface area contributed by atoms with E-state index >= 15 is 0 Å². The van der Waals surface area contributed by atoms with E-state index < -0.39 is 0 Å². The zero-order valence-corrected chi connectivity index (χ0v) is 16.0. The molecule has 144 valence electrons. The van der Waals surface area contributed by atoms with Crippen molar-refractivity contribution in [3.63, 3.8) is 0 Å². The summed E-state index contributed by atoms with van der Waals surface area (Å²) in [7, 11) is 0. The first kappa shape index (κ1) is 18.1. The van der Waals surface area contributed by atoms with E-state index in [1.54, 1.807) is 0 Å². The molecule has 1 saturated heterocycles. The zero-order chi connectivity index (χ0) is 18.6.